The lowest BCUT2D eigenvalue weighted by molar-refractivity contribution is 1.000. The molecule has 0 aromatic carbocycles. The maximum atomic E-state index is 4.35. The lowest BCUT2D eigenvalue weighted by atomic mass is 10.2. The minimum Gasteiger partial charge on any atom is -0.370 e. The van der Waals surface area contributed by atoms with E-state index in [-0.39, 0.29) is 0 Å². The van der Waals surface area contributed by atoms with Gasteiger partial charge in [-0.05, 0) is 41.8 Å². The fourth-order valence-electron chi connectivity index (χ4n) is 1.47. The fraction of sp³-hybridized carbons (Fsp3) is 0.333. The van der Waals surface area contributed by atoms with Crippen LogP contribution >= 0.6 is 11.3 Å². The van der Waals surface area contributed by atoms with Gasteiger partial charge in [-0.15, -0.1) is 0 Å². The molecule has 0 unspecified atom stereocenters. The van der Waals surface area contributed by atoms with E-state index < -0.39 is 0 Å². The summed E-state index contributed by atoms with van der Waals surface area (Å²) in [4.78, 5) is 8.48. The summed E-state index contributed by atoms with van der Waals surface area (Å²) < 4.78 is 0. The van der Waals surface area contributed by atoms with E-state index >= 15 is 0 Å². The van der Waals surface area contributed by atoms with Crippen molar-refractivity contribution < 1.29 is 0 Å². The third-order valence-electron chi connectivity index (χ3n) is 2.29. The predicted molar refractivity (Wildman–Crippen MR) is 72.7 cm³/mol. The average Bonchev–Trinajstić information content (AvgIpc) is 2.83. The molecule has 0 aliphatic carbocycles. The number of hydrogen-bond donors (Lipinski definition) is 2. The Morgan fingerprint density at radius 3 is 3.00 bits per heavy atom. The Bertz CT molecular complexity index is 442. The van der Waals surface area contributed by atoms with Crippen LogP contribution in [0.1, 0.15) is 12.5 Å². The Balaban J connectivity index is 1.84. The number of nitrogens with zero attached hydrogens (tertiary/aromatic N) is 2. The van der Waals surface area contributed by atoms with Crippen molar-refractivity contribution in [2.45, 2.75) is 13.3 Å². The van der Waals surface area contributed by atoms with E-state index in [0.29, 0.717) is 5.95 Å². The number of rotatable bonds is 6. The Labute approximate surface area is 105 Å². The second kappa shape index (κ2) is 6.20. The minimum absolute atomic E-state index is 0.674. The molecule has 0 fully saturated rings. The molecule has 0 atom stereocenters. The highest BCUT2D eigenvalue weighted by Gasteiger charge is 1.98. The molecule has 2 rings (SSSR count). The SMILES string of the molecule is CCNc1nccc(NCCc2ccsc2)n1. The third-order valence-corrected chi connectivity index (χ3v) is 3.02. The maximum absolute atomic E-state index is 4.35. The van der Waals surface area contributed by atoms with Crippen molar-refractivity contribution in [2.24, 2.45) is 0 Å². The van der Waals surface area contributed by atoms with Crippen molar-refractivity contribution in [3.8, 4) is 0 Å². The van der Waals surface area contributed by atoms with Crippen molar-refractivity contribution >= 4 is 23.1 Å². The largest absolute Gasteiger partial charge is 0.370 e. The first kappa shape index (κ1) is 11.9. The van der Waals surface area contributed by atoms with Crippen LogP contribution in [0.5, 0.6) is 0 Å². The van der Waals surface area contributed by atoms with Crippen molar-refractivity contribution in [2.75, 3.05) is 23.7 Å². The first-order chi connectivity index (χ1) is 8.38. The van der Waals surface area contributed by atoms with Crippen LogP contribution < -0.4 is 10.6 Å². The fourth-order valence-corrected chi connectivity index (χ4v) is 2.17. The molecule has 17 heavy (non-hydrogen) atoms. The molecule has 0 spiro atoms. The molecule has 0 amide bonds. The summed E-state index contributed by atoms with van der Waals surface area (Å²) in [6, 6.07) is 4.03. The summed E-state index contributed by atoms with van der Waals surface area (Å²) in [6.45, 7) is 3.75. The summed E-state index contributed by atoms with van der Waals surface area (Å²) in [5.41, 5.74) is 1.36. The molecular weight excluding hydrogens is 232 g/mol. The topological polar surface area (TPSA) is 49.8 Å². The number of anilines is 2. The zero-order valence-corrected chi connectivity index (χ0v) is 10.6. The Morgan fingerprint density at radius 2 is 2.24 bits per heavy atom. The van der Waals surface area contributed by atoms with Crippen LogP contribution in [-0.2, 0) is 6.42 Å². The highest BCUT2D eigenvalue weighted by molar-refractivity contribution is 7.07. The van der Waals surface area contributed by atoms with E-state index in [0.717, 1.165) is 25.3 Å². The monoisotopic (exact) mass is 248 g/mol. The van der Waals surface area contributed by atoms with Crippen LogP contribution in [0.3, 0.4) is 0 Å². The summed E-state index contributed by atoms with van der Waals surface area (Å²) >= 11 is 1.73. The van der Waals surface area contributed by atoms with Crippen LogP contribution in [0.4, 0.5) is 11.8 Å². The minimum atomic E-state index is 0.674. The molecule has 2 heterocycles. The second-order valence-electron chi connectivity index (χ2n) is 3.60. The van der Waals surface area contributed by atoms with Crippen LogP contribution in [0.25, 0.3) is 0 Å². The van der Waals surface area contributed by atoms with Gasteiger partial charge in [0.25, 0.3) is 0 Å². The highest BCUT2D eigenvalue weighted by atomic mass is 32.1. The van der Waals surface area contributed by atoms with Crippen LogP contribution in [0.2, 0.25) is 0 Å². The number of aromatic nitrogens is 2. The molecule has 0 saturated carbocycles. The molecular formula is C12H16N4S. The van der Waals surface area contributed by atoms with Gasteiger partial charge in [0, 0.05) is 19.3 Å². The van der Waals surface area contributed by atoms with Gasteiger partial charge in [0.1, 0.15) is 5.82 Å². The molecule has 0 aliphatic heterocycles. The van der Waals surface area contributed by atoms with Gasteiger partial charge in [0.15, 0.2) is 0 Å². The van der Waals surface area contributed by atoms with Crippen LogP contribution in [0, 0.1) is 0 Å². The van der Waals surface area contributed by atoms with Gasteiger partial charge in [-0.1, -0.05) is 0 Å². The van der Waals surface area contributed by atoms with E-state index in [1.165, 1.54) is 5.56 Å². The van der Waals surface area contributed by atoms with Gasteiger partial charge in [-0.25, -0.2) is 4.98 Å². The van der Waals surface area contributed by atoms with Crippen LogP contribution in [0.15, 0.2) is 29.1 Å². The molecule has 0 saturated heterocycles. The smallest absolute Gasteiger partial charge is 0.224 e. The summed E-state index contributed by atoms with van der Waals surface area (Å²) in [6.07, 6.45) is 2.78. The average molecular weight is 248 g/mol. The summed E-state index contributed by atoms with van der Waals surface area (Å²) in [7, 11) is 0. The molecule has 2 N–H and O–H groups in total. The maximum Gasteiger partial charge on any atom is 0.224 e. The standard InChI is InChI=1S/C12H16N4S/c1-2-13-12-15-7-4-11(16-12)14-6-3-10-5-8-17-9-10/h4-5,7-9H,2-3,6H2,1H3,(H2,13,14,15,16). The lowest BCUT2D eigenvalue weighted by Crippen LogP contribution is -2.08. The number of nitrogens with one attached hydrogen (secondary N) is 2. The van der Waals surface area contributed by atoms with Gasteiger partial charge in [-0.3, -0.25) is 0 Å². The molecule has 5 heteroatoms. The number of hydrogen-bond acceptors (Lipinski definition) is 5. The van der Waals surface area contributed by atoms with E-state index in [1.54, 1.807) is 17.5 Å². The van der Waals surface area contributed by atoms with E-state index in [1.807, 2.05) is 13.0 Å². The van der Waals surface area contributed by atoms with Crippen molar-refractivity contribution in [1.82, 2.24) is 9.97 Å². The van der Waals surface area contributed by atoms with Crippen molar-refractivity contribution in [3.05, 3.63) is 34.7 Å². The van der Waals surface area contributed by atoms with Gasteiger partial charge in [0.2, 0.25) is 5.95 Å². The Morgan fingerprint density at radius 1 is 1.29 bits per heavy atom. The Hall–Kier alpha value is -1.62. The summed E-state index contributed by atoms with van der Waals surface area (Å²) in [5, 5.41) is 10.7. The molecule has 90 valence electrons. The quantitative estimate of drug-likeness (QED) is 0.825. The predicted octanol–water partition coefficient (Wildman–Crippen LogP) is 2.62. The normalized spacial score (nSPS) is 10.2. The first-order valence-corrected chi connectivity index (χ1v) is 6.64. The van der Waals surface area contributed by atoms with Crippen molar-refractivity contribution in [3.63, 3.8) is 0 Å². The van der Waals surface area contributed by atoms with Crippen LogP contribution in [-0.4, -0.2) is 23.1 Å². The zero-order chi connectivity index (χ0) is 11.9. The van der Waals surface area contributed by atoms with Gasteiger partial charge >= 0.3 is 0 Å². The number of thiophene rings is 1. The molecule has 0 radical (unpaired) electrons. The van der Waals surface area contributed by atoms with E-state index in [4.69, 9.17) is 0 Å². The van der Waals surface area contributed by atoms with Gasteiger partial charge in [0.05, 0.1) is 0 Å². The molecule has 2 aromatic rings. The van der Waals surface area contributed by atoms with Gasteiger partial charge < -0.3 is 10.6 Å². The third kappa shape index (κ3) is 3.71. The van der Waals surface area contributed by atoms with Gasteiger partial charge in [-0.2, -0.15) is 16.3 Å². The second-order valence-corrected chi connectivity index (χ2v) is 4.38. The zero-order valence-electron chi connectivity index (χ0n) is 9.81. The summed E-state index contributed by atoms with van der Waals surface area (Å²) in [5.74, 6) is 1.54. The highest BCUT2D eigenvalue weighted by Crippen LogP contribution is 2.08. The van der Waals surface area contributed by atoms with E-state index in [9.17, 15) is 0 Å². The lowest BCUT2D eigenvalue weighted by Gasteiger charge is -2.06. The Kier molecular flexibility index (Phi) is 4.32. The molecule has 4 nitrogen and oxygen atoms in total. The first-order valence-electron chi connectivity index (χ1n) is 5.70. The molecule has 0 aliphatic rings. The molecule has 0 bridgehead atoms. The molecule has 2 aromatic heterocycles. The van der Waals surface area contributed by atoms with Crippen molar-refractivity contribution in [1.29, 1.82) is 0 Å². The van der Waals surface area contributed by atoms with E-state index in [2.05, 4.69) is 37.4 Å².